The maximum absolute atomic E-state index is 13.2. The van der Waals surface area contributed by atoms with Crippen molar-refractivity contribution in [2.24, 2.45) is 5.92 Å². The maximum atomic E-state index is 13.2. The summed E-state index contributed by atoms with van der Waals surface area (Å²) < 4.78 is 50.9. The van der Waals surface area contributed by atoms with Crippen molar-refractivity contribution in [3.63, 3.8) is 0 Å². The molecule has 1 aromatic carbocycles. The highest BCUT2D eigenvalue weighted by Gasteiger charge is 2.35. The molecule has 2 aromatic heterocycles. The third-order valence-corrected chi connectivity index (χ3v) is 5.91. The lowest BCUT2D eigenvalue weighted by atomic mass is 9.88. The molecule has 1 atom stereocenters. The first-order valence-corrected chi connectivity index (χ1v) is 10.3. The number of aromatic nitrogens is 3. The Kier molecular flexibility index (Phi) is 5.16. The van der Waals surface area contributed by atoms with Gasteiger partial charge in [-0.25, -0.2) is 9.97 Å². The van der Waals surface area contributed by atoms with Crippen molar-refractivity contribution in [2.75, 3.05) is 25.1 Å². The number of ether oxygens (including phenoxy) is 2. The van der Waals surface area contributed by atoms with Gasteiger partial charge < -0.3 is 24.9 Å². The molecule has 2 aliphatic heterocycles. The minimum atomic E-state index is -4.53. The fraction of sp³-hybridized carbons (Fsp3) is 0.364. The van der Waals surface area contributed by atoms with Gasteiger partial charge in [0, 0.05) is 30.3 Å². The highest BCUT2D eigenvalue weighted by Crippen LogP contribution is 2.41. The first-order valence-electron chi connectivity index (χ1n) is 10.3. The molecule has 10 heteroatoms. The van der Waals surface area contributed by atoms with Gasteiger partial charge in [0.1, 0.15) is 41.6 Å². The van der Waals surface area contributed by atoms with Crippen LogP contribution in [0, 0.1) is 5.92 Å². The number of hydrogen-bond acceptors (Lipinski definition) is 6. The second-order valence-electron chi connectivity index (χ2n) is 7.87. The topological polar surface area (TPSA) is 92.3 Å². The molecule has 3 aromatic rings. The Labute approximate surface area is 181 Å². The summed E-state index contributed by atoms with van der Waals surface area (Å²) in [6.45, 7) is 1.29. The molecule has 0 bridgehead atoms. The lowest BCUT2D eigenvalue weighted by Crippen LogP contribution is -2.28. The van der Waals surface area contributed by atoms with E-state index in [-0.39, 0.29) is 35.1 Å². The van der Waals surface area contributed by atoms with E-state index in [1.807, 2.05) is 24.3 Å². The van der Waals surface area contributed by atoms with Crippen LogP contribution in [0.3, 0.4) is 0 Å². The highest BCUT2D eigenvalue weighted by atomic mass is 19.4. The number of aliphatic hydroxyl groups excluding tert-OH is 1. The molecule has 0 unspecified atom stereocenters. The van der Waals surface area contributed by atoms with Crippen LogP contribution in [0.25, 0.3) is 11.0 Å². The average Bonchev–Trinajstić information content (AvgIpc) is 3.26. The smallest absolute Gasteiger partial charge is 0.431 e. The van der Waals surface area contributed by atoms with Gasteiger partial charge >= 0.3 is 6.18 Å². The minimum Gasteiger partial charge on any atom is -0.512 e. The van der Waals surface area contributed by atoms with Crippen LogP contribution < -0.4 is 10.1 Å². The summed E-state index contributed by atoms with van der Waals surface area (Å²) in [6, 6.07) is 7.84. The SMILES string of the molecule is O/C(=C1/COc2ccccc2[C@@H]1Nc1ncnc2[nH]c(C(F)(F)F)cc12)C1CCOCC1. The first kappa shape index (κ1) is 20.6. The van der Waals surface area contributed by atoms with Crippen molar-refractivity contribution < 1.29 is 27.8 Å². The van der Waals surface area contributed by atoms with Gasteiger partial charge in [-0.05, 0) is 25.0 Å². The number of alkyl halides is 3. The molecule has 7 nitrogen and oxygen atoms in total. The standard InChI is InChI=1S/C22H21F3N4O3/c23-22(24,25)17-9-14-20(28-17)26-11-27-21(14)29-18-13-3-1-2-4-16(13)32-10-15(18)19(30)12-5-7-31-8-6-12/h1-4,9,11-12,18,30H,5-8,10H2,(H2,26,27,28,29)/b19-15-/t18-/m0/s1. The van der Waals surface area contributed by atoms with Crippen molar-refractivity contribution in [3.05, 3.63) is 59.2 Å². The number of para-hydroxylation sites is 1. The van der Waals surface area contributed by atoms with Gasteiger partial charge in [-0.1, -0.05) is 18.2 Å². The number of nitrogens with one attached hydrogen (secondary N) is 2. The summed E-state index contributed by atoms with van der Waals surface area (Å²) in [7, 11) is 0. The molecule has 32 heavy (non-hydrogen) atoms. The Morgan fingerprint density at radius 2 is 1.94 bits per heavy atom. The van der Waals surface area contributed by atoms with E-state index < -0.39 is 17.9 Å². The Bertz CT molecular complexity index is 1170. The molecule has 5 rings (SSSR count). The number of aromatic amines is 1. The number of fused-ring (bicyclic) bond motifs is 2. The summed E-state index contributed by atoms with van der Waals surface area (Å²) in [5.41, 5.74) is 0.582. The van der Waals surface area contributed by atoms with Crippen LogP contribution in [-0.2, 0) is 10.9 Å². The fourth-order valence-corrected chi connectivity index (χ4v) is 4.24. The molecule has 168 valence electrons. The normalized spacial score (nSPS) is 21.2. The molecule has 0 amide bonds. The Morgan fingerprint density at radius 1 is 1.16 bits per heavy atom. The molecule has 0 radical (unpaired) electrons. The predicted molar refractivity (Wildman–Crippen MR) is 110 cm³/mol. The molecular formula is C22H21F3N4O3. The number of allylic oxidation sites excluding steroid dienone is 1. The first-order chi connectivity index (χ1) is 15.4. The zero-order valence-electron chi connectivity index (χ0n) is 16.9. The molecule has 0 saturated carbocycles. The van der Waals surface area contributed by atoms with Crippen molar-refractivity contribution >= 4 is 16.9 Å². The fourth-order valence-electron chi connectivity index (χ4n) is 4.24. The number of halogens is 3. The highest BCUT2D eigenvalue weighted by molar-refractivity contribution is 5.88. The minimum absolute atomic E-state index is 0.0635. The van der Waals surface area contributed by atoms with E-state index in [4.69, 9.17) is 9.47 Å². The van der Waals surface area contributed by atoms with Crippen LogP contribution in [0.1, 0.15) is 30.1 Å². The second kappa shape index (κ2) is 8.01. The van der Waals surface area contributed by atoms with Crippen molar-refractivity contribution in [2.45, 2.75) is 25.1 Å². The zero-order valence-corrected chi connectivity index (χ0v) is 16.9. The largest absolute Gasteiger partial charge is 0.512 e. The summed E-state index contributed by atoms with van der Waals surface area (Å²) in [5, 5.41) is 14.6. The molecule has 2 aliphatic rings. The van der Waals surface area contributed by atoms with E-state index in [1.165, 1.54) is 6.33 Å². The van der Waals surface area contributed by atoms with Crippen molar-refractivity contribution in [3.8, 4) is 5.75 Å². The molecule has 3 N–H and O–H groups in total. The lowest BCUT2D eigenvalue weighted by Gasteiger charge is -2.32. The molecule has 4 heterocycles. The van der Waals surface area contributed by atoms with Crippen LogP contribution in [0.2, 0.25) is 0 Å². The number of rotatable bonds is 3. The van der Waals surface area contributed by atoms with Crippen molar-refractivity contribution in [1.29, 1.82) is 0 Å². The van der Waals surface area contributed by atoms with Gasteiger partial charge in [0.05, 0.1) is 11.4 Å². The van der Waals surface area contributed by atoms with E-state index in [1.54, 1.807) is 0 Å². The predicted octanol–water partition coefficient (Wildman–Crippen LogP) is 4.76. The van der Waals surface area contributed by atoms with Crippen molar-refractivity contribution in [1.82, 2.24) is 15.0 Å². The number of benzene rings is 1. The number of aliphatic hydroxyl groups is 1. The summed E-state index contributed by atoms with van der Waals surface area (Å²) in [4.78, 5) is 10.4. The summed E-state index contributed by atoms with van der Waals surface area (Å²) >= 11 is 0. The Balaban J connectivity index is 1.58. The van der Waals surface area contributed by atoms with Crippen LogP contribution >= 0.6 is 0 Å². The molecule has 0 spiro atoms. The maximum Gasteiger partial charge on any atom is 0.431 e. The third-order valence-electron chi connectivity index (χ3n) is 5.91. The van der Waals surface area contributed by atoms with E-state index in [0.29, 0.717) is 37.4 Å². The van der Waals surface area contributed by atoms with Crippen LogP contribution in [0.15, 0.2) is 48.0 Å². The quantitative estimate of drug-likeness (QED) is 0.503. The second-order valence-corrected chi connectivity index (χ2v) is 7.87. The number of H-pyrrole nitrogens is 1. The van der Waals surface area contributed by atoms with Crippen LogP contribution in [-0.4, -0.2) is 39.9 Å². The number of nitrogens with zero attached hydrogens (tertiary/aromatic N) is 2. The van der Waals surface area contributed by atoms with E-state index >= 15 is 0 Å². The molecule has 1 fully saturated rings. The Hall–Kier alpha value is -3.27. The molecule has 0 aliphatic carbocycles. The van der Waals surface area contributed by atoms with Crippen LogP contribution in [0.4, 0.5) is 19.0 Å². The van der Waals surface area contributed by atoms with Gasteiger partial charge in [-0.15, -0.1) is 0 Å². The molecular weight excluding hydrogens is 425 g/mol. The zero-order chi connectivity index (χ0) is 22.3. The van der Waals surface area contributed by atoms with E-state index in [0.717, 1.165) is 11.6 Å². The monoisotopic (exact) mass is 446 g/mol. The lowest BCUT2D eigenvalue weighted by molar-refractivity contribution is -0.140. The van der Waals surface area contributed by atoms with Gasteiger partial charge in [-0.2, -0.15) is 13.2 Å². The van der Waals surface area contributed by atoms with Gasteiger partial charge in [0.15, 0.2) is 0 Å². The third kappa shape index (κ3) is 3.75. The van der Waals surface area contributed by atoms with Gasteiger partial charge in [-0.3, -0.25) is 0 Å². The summed E-state index contributed by atoms with van der Waals surface area (Å²) in [6.07, 6.45) is -1.95. The average molecular weight is 446 g/mol. The van der Waals surface area contributed by atoms with Gasteiger partial charge in [0.25, 0.3) is 0 Å². The number of hydrogen-bond donors (Lipinski definition) is 3. The van der Waals surface area contributed by atoms with Crippen LogP contribution in [0.5, 0.6) is 5.75 Å². The number of anilines is 1. The Morgan fingerprint density at radius 3 is 2.72 bits per heavy atom. The van der Waals surface area contributed by atoms with Gasteiger partial charge in [0.2, 0.25) is 0 Å². The molecule has 1 saturated heterocycles. The van der Waals surface area contributed by atoms with E-state index in [2.05, 4.69) is 20.3 Å². The summed E-state index contributed by atoms with van der Waals surface area (Å²) in [5.74, 6) is 1.05. The van der Waals surface area contributed by atoms with E-state index in [9.17, 15) is 18.3 Å².